The first kappa shape index (κ1) is 16.5. The van der Waals surface area contributed by atoms with Gasteiger partial charge < -0.3 is 19.7 Å². The van der Waals surface area contributed by atoms with Crippen molar-refractivity contribution in [1.82, 2.24) is 10.2 Å². The fourth-order valence-corrected chi connectivity index (χ4v) is 3.04. The summed E-state index contributed by atoms with van der Waals surface area (Å²) in [5.41, 5.74) is 0.720. The summed E-state index contributed by atoms with van der Waals surface area (Å²) in [6, 6.07) is 9.41. The summed E-state index contributed by atoms with van der Waals surface area (Å²) < 4.78 is 18.2. The number of likely N-dealkylation sites (tertiary alicyclic amines) is 1. The van der Waals surface area contributed by atoms with E-state index in [1.807, 2.05) is 6.07 Å². The number of furan rings is 1. The third-order valence-corrected chi connectivity index (χ3v) is 4.48. The van der Waals surface area contributed by atoms with Gasteiger partial charge in [-0.1, -0.05) is 12.1 Å². The number of nitrogens with one attached hydrogen (secondary N) is 1. The zero-order valence-corrected chi connectivity index (χ0v) is 13.3. The van der Waals surface area contributed by atoms with Crippen molar-refractivity contribution >= 4 is 6.03 Å². The molecule has 1 unspecified atom stereocenters. The number of urea groups is 1. The summed E-state index contributed by atoms with van der Waals surface area (Å²) >= 11 is 0. The van der Waals surface area contributed by atoms with Crippen molar-refractivity contribution in [2.45, 2.75) is 25.5 Å². The molecule has 0 radical (unpaired) electrons. The Kier molecular flexibility index (Phi) is 5.15. The van der Waals surface area contributed by atoms with Gasteiger partial charge in [-0.05, 0) is 48.6 Å². The lowest BCUT2D eigenvalue weighted by Crippen LogP contribution is -2.44. The van der Waals surface area contributed by atoms with Gasteiger partial charge in [-0.3, -0.25) is 0 Å². The highest BCUT2D eigenvalue weighted by Crippen LogP contribution is 2.30. The molecule has 1 aliphatic rings. The van der Waals surface area contributed by atoms with E-state index in [4.69, 9.17) is 4.42 Å². The Labute approximate surface area is 140 Å². The van der Waals surface area contributed by atoms with Crippen LogP contribution in [0.2, 0.25) is 0 Å². The molecule has 2 aromatic rings. The number of nitrogens with zero attached hydrogens (tertiary/aromatic N) is 1. The van der Waals surface area contributed by atoms with Crippen LogP contribution in [0.4, 0.5) is 9.18 Å². The molecule has 1 aromatic carbocycles. The number of piperidine rings is 1. The first-order valence-electron chi connectivity index (χ1n) is 8.12. The normalized spacial score (nSPS) is 16.8. The van der Waals surface area contributed by atoms with E-state index in [1.54, 1.807) is 29.4 Å². The maximum Gasteiger partial charge on any atom is 0.317 e. The lowest BCUT2D eigenvalue weighted by Gasteiger charge is -2.34. The molecule has 0 spiro atoms. The van der Waals surface area contributed by atoms with E-state index in [0.29, 0.717) is 38.2 Å². The van der Waals surface area contributed by atoms with Crippen molar-refractivity contribution < 1.29 is 18.7 Å². The van der Waals surface area contributed by atoms with Gasteiger partial charge in [-0.25, -0.2) is 9.18 Å². The number of carbonyl (C=O) groups is 1. The van der Waals surface area contributed by atoms with Gasteiger partial charge in [-0.2, -0.15) is 0 Å². The van der Waals surface area contributed by atoms with Gasteiger partial charge in [0, 0.05) is 13.1 Å². The Hall–Kier alpha value is -2.34. The van der Waals surface area contributed by atoms with Gasteiger partial charge in [0.05, 0.1) is 18.9 Å². The van der Waals surface area contributed by atoms with Crippen molar-refractivity contribution in [2.24, 2.45) is 5.92 Å². The second-order valence-electron chi connectivity index (χ2n) is 6.06. The number of benzene rings is 1. The van der Waals surface area contributed by atoms with E-state index in [9.17, 15) is 14.3 Å². The average Bonchev–Trinajstić information content (AvgIpc) is 3.13. The van der Waals surface area contributed by atoms with Crippen LogP contribution in [-0.4, -0.2) is 29.1 Å². The van der Waals surface area contributed by atoms with Gasteiger partial charge in [0.15, 0.2) is 0 Å². The molecule has 1 saturated heterocycles. The van der Waals surface area contributed by atoms with Gasteiger partial charge >= 0.3 is 6.03 Å². The molecule has 24 heavy (non-hydrogen) atoms. The van der Waals surface area contributed by atoms with Crippen LogP contribution in [0.25, 0.3) is 0 Å². The Morgan fingerprint density at radius 1 is 1.29 bits per heavy atom. The first-order chi connectivity index (χ1) is 11.6. The molecule has 0 aliphatic carbocycles. The molecule has 1 aliphatic heterocycles. The van der Waals surface area contributed by atoms with E-state index >= 15 is 0 Å². The number of rotatable bonds is 4. The third kappa shape index (κ3) is 3.94. The number of aliphatic hydroxyl groups is 1. The monoisotopic (exact) mass is 332 g/mol. The minimum Gasteiger partial charge on any atom is -0.467 e. The number of hydrogen-bond acceptors (Lipinski definition) is 3. The van der Waals surface area contributed by atoms with Gasteiger partial charge in [0.1, 0.15) is 11.6 Å². The van der Waals surface area contributed by atoms with Crippen LogP contribution in [0, 0.1) is 11.7 Å². The van der Waals surface area contributed by atoms with Gasteiger partial charge in [0.25, 0.3) is 0 Å². The molecule has 1 atom stereocenters. The fraction of sp³-hybridized carbons (Fsp3) is 0.389. The predicted molar refractivity (Wildman–Crippen MR) is 86.6 cm³/mol. The van der Waals surface area contributed by atoms with Crippen LogP contribution in [0.1, 0.15) is 30.3 Å². The highest BCUT2D eigenvalue weighted by Gasteiger charge is 2.28. The smallest absolute Gasteiger partial charge is 0.317 e. The number of carbonyl (C=O) groups excluding carboxylic acids is 1. The van der Waals surface area contributed by atoms with Crippen molar-refractivity contribution in [2.75, 3.05) is 13.1 Å². The van der Waals surface area contributed by atoms with Crippen LogP contribution < -0.4 is 5.32 Å². The van der Waals surface area contributed by atoms with E-state index in [-0.39, 0.29) is 17.8 Å². The van der Waals surface area contributed by atoms with Gasteiger partial charge in [-0.15, -0.1) is 0 Å². The zero-order chi connectivity index (χ0) is 16.9. The van der Waals surface area contributed by atoms with Crippen molar-refractivity contribution in [3.05, 3.63) is 59.8 Å². The lowest BCUT2D eigenvalue weighted by molar-refractivity contribution is 0.0664. The largest absolute Gasteiger partial charge is 0.467 e. The summed E-state index contributed by atoms with van der Waals surface area (Å²) in [4.78, 5) is 13.9. The van der Waals surface area contributed by atoms with Crippen LogP contribution in [0.15, 0.2) is 47.1 Å². The Morgan fingerprint density at radius 2 is 2.00 bits per heavy atom. The second kappa shape index (κ2) is 7.49. The second-order valence-corrected chi connectivity index (χ2v) is 6.06. The van der Waals surface area contributed by atoms with Crippen LogP contribution in [0.5, 0.6) is 0 Å². The minimum atomic E-state index is -0.626. The summed E-state index contributed by atoms with van der Waals surface area (Å²) in [6.45, 7) is 1.55. The molecule has 1 fully saturated rings. The summed E-state index contributed by atoms with van der Waals surface area (Å²) in [5, 5.41) is 13.3. The molecule has 128 valence electrons. The van der Waals surface area contributed by atoms with E-state index < -0.39 is 6.10 Å². The Bertz CT molecular complexity index is 649. The molecule has 6 heteroatoms. The molecule has 1 aromatic heterocycles. The molecule has 2 N–H and O–H groups in total. The maximum atomic E-state index is 13.0. The Morgan fingerprint density at radius 3 is 2.62 bits per heavy atom. The number of hydrogen-bond donors (Lipinski definition) is 2. The van der Waals surface area contributed by atoms with E-state index in [1.165, 1.54) is 12.1 Å². The van der Waals surface area contributed by atoms with Crippen LogP contribution in [0.3, 0.4) is 0 Å². The molecule has 2 heterocycles. The molecular weight excluding hydrogens is 311 g/mol. The van der Waals surface area contributed by atoms with Crippen molar-refractivity contribution in [3.63, 3.8) is 0 Å². The topological polar surface area (TPSA) is 65.7 Å². The lowest BCUT2D eigenvalue weighted by atomic mass is 9.87. The number of amides is 2. The highest BCUT2D eigenvalue weighted by molar-refractivity contribution is 5.74. The zero-order valence-electron chi connectivity index (χ0n) is 13.3. The first-order valence-corrected chi connectivity index (χ1v) is 8.12. The minimum absolute atomic E-state index is 0.0737. The fourth-order valence-electron chi connectivity index (χ4n) is 3.04. The Balaban J connectivity index is 1.48. The number of halogens is 1. The predicted octanol–water partition coefficient (Wildman–Crippen LogP) is 3.07. The van der Waals surface area contributed by atoms with Crippen molar-refractivity contribution in [3.8, 4) is 0 Å². The van der Waals surface area contributed by atoms with Crippen LogP contribution >= 0.6 is 0 Å². The average molecular weight is 332 g/mol. The van der Waals surface area contributed by atoms with E-state index in [2.05, 4.69) is 5.32 Å². The van der Waals surface area contributed by atoms with Crippen molar-refractivity contribution in [1.29, 1.82) is 0 Å². The SMILES string of the molecule is O=C(NCc1ccco1)N1CCC(C(O)c2ccc(F)cc2)CC1. The summed E-state index contributed by atoms with van der Waals surface area (Å²) in [6.07, 6.45) is 2.38. The maximum absolute atomic E-state index is 13.0. The molecule has 2 amide bonds. The quantitative estimate of drug-likeness (QED) is 0.904. The summed E-state index contributed by atoms with van der Waals surface area (Å²) in [5.74, 6) is 0.476. The van der Waals surface area contributed by atoms with Crippen LogP contribution in [-0.2, 0) is 6.54 Å². The molecule has 0 bridgehead atoms. The highest BCUT2D eigenvalue weighted by atomic mass is 19.1. The molecular formula is C18H21FN2O3. The standard InChI is InChI=1S/C18H21FN2O3/c19-15-5-3-13(4-6-15)17(22)14-7-9-21(10-8-14)18(23)20-12-16-2-1-11-24-16/h1-6,11,14,17,22H,7-10,12H2,(H,20,23). The van der Waals surface area contributed by atoms with Gasteiger partial charge in [0.2, 0.25) is 0 Å². The van der Waals surface area contributed by atoms with E-state index in [0.717, 1.165) is 5.56 Å². The molecule has 5 nitrogen and oxygen atoms in total. The molecule has 3 rings (SSSR count). The number of aliphatic hydroxyl groups excluding tert-OH is 1. The third-order valence-electron chi connectivity index (χ3n) is 4.48. The summed E-state index contributed by atoms with van der Waals surface area (Å²) in [7, 11) is 0. The molecule has 0 saturated carbocycles.